The van der Waals surface area contributed by atoms with Crippen molar-refractivity contribution in [3.05, 3.63) is 57.6 Å². The average Bonchev–Trinajstić information content (AvgIpc) is 2.97. The van der Waals surface area contributed by atoms with E-state index in [1.165, 1.54) is 12.1 Å². The number of fused-ring (bicyclic) bond motifs is 3. The predicted molar refractivity (Wildman–Crippen MR) is 156 cm³/mol. The Kier molecular flexibility index (Phi) is 9.06. The van der Waals surface area contributed by atoms with E-state index in [9.17, 15) is 34.8 Å². The molecule has 1 aliphatic heterocycles. The number of unbranched alkanes of at least 4 members (excludes halogenated alkanes) is 5. The Hall–Kier alpha value is -3.15. The normalized spacial score (nSPS) is 28.3. The molecule has 1 fully saturated rings. The number of ether oxygens (including phenoxy) is 2. The molecule has 10 nitrogen and oxygen atoms in total. The summed E-state index contributed by atoms with van der Waals surface area (Å²) in [6, 6.07) is 5.48. The van der Waals surface area contributed by atoms with Crippen LogP contribution in [-0.4, -0.2) is 67.9 Å². The fourth-order valence-electron chi connectivity index (χ4n) is 6.67. The molecule has 43 heavy (non-hydrogen) atoms. The Bertz CT molecular complexity index is 1410. The molecule has 2 aromatic carbocycles. The molecule has 0 radical (unpaired) electrons. The molecule has 232 valence electrons. The first-order chi connectivity index (χ1) is 20.5. The van der Waals surface area contributed by atoms with Gasteiger partial charge < -0.3 is 35.6 Å². The highest BCUT2D eigenvalue weighted by Crippen LogP contribution is 2.52. The number of ketones is 3. The van der Waals surface area contributed by atoms with Crippen molar-refractivity contribution in [3.8, 4) is 11.5 Å². The summed E-state index contributed by atoms with van der Waals surface area (Å²) < 4.78 is 12.0. The van der Waals surface area contributed by atoms with Crippen LogP contribution in [0.15, 0.2) is 24.3 Å². The molecule has 1 heterocycles. The summed E-state index contributed by atoms with van der Waals surface area (Å²) in [4.78, 5) is 40.6. The van der Waals surface area contributed by atoms with Gasteiger partial charge in [0.2, 0.25) is 0 Å². The molecule has 0 saturated carbocycles. The van der Waals surface area contributed by atoms with Crippen LogP contribution in [0.3, 0.4) is 0 Å². The van der Waals surface area contributed by atoms with Crippen molar-refractivity contribution >= 4 is 17.3 Å². The van der Waals surface area contributed by atoms with Gasteiger partial charge in [0.1, 0.15) is 17.1 Å². The zero-order valence-corrected chi connectivity index (χ0v) is 24.7. The van der Waals surface area contributed by atoms with E-state index in [-0.39, 0.29) is 59.1 Å². The third kappa shape index (κ3) is 5.74. The van der Waals surface area contributed by atoms with Crippen LogP contribution in [0.4, 0.5) is 0 Å². The van der Waals surface area contributed by atoms with Gasteiger partial charge in [-0.15, -0.1) is 0 Å². The highest BCUT2D eigenvalue weighted by Gasteiger charge is 2.49. The summed E-state index contributed by atoms with van der Waals surface area (Å²) in [6.07, 6.45) is 1.49. The number of hydrogen-bond donors (Lipinski definition) is 5. The maximum atomic E-state index is 13.5. The van der Waals surface area contributed by atoms with Gasteiger partial charge in [-0.1, -0.05) is 63.3 Å². The number of nitrogens with two attached hydrogens (primary N) is 1. The molecule has 2 aromatic rings. The number of carbonyl (C=O) groups is 3. The molecule has 1 saturated heterocycles. The number of phenols is 2. The Morgan fingerprint density at radius 3 is 2.26 bits per heavy atom. The monoisotopic (exact) mass is 595 g/mol. The van der Waals surface area contributed by atoms with Gasteiger partial charge >= 0.3 is 0 Å². The standard InChI is InChI=1S/C33H41NO9/c1-3-4-5-6-7-8-13-23(35)33(41)15-20-25(22(16-33)43-24-14-21(34)28(36)17(2)42-24)32(40)27-26(31(20)39)29(37)18-11-9-10-12-19(18)30(27)38/h9-12,17,21-22,24,28,36,39-41H,3-8,13-16,34H2,1-2H3/t17-,21-,22-,24-,28+,33-/m0/s1. The first-order valence-electron chi connectivity index (χ1n) is 15.3. The van der Waals surface area contributed by atoms with Crippen LogP contribution in [-0.2, 0) is 20.7 Å². The maximum Gasteiger partial charge on any atom is 0.198 e. The number of phenolic OH excluding ortho intramolecular Hbond substituents is 2. The number of benzene rings is 2. The molecular weight excluding hydrogens is 554 g/mol. The molecule has 10 heteroatoms. The number of aliphatic hydroxyl groups is 2. The third-order valence-electron chi connectivity index (χ3n) is 9.12. The van der Waals surface area contributed by atoms with E-state index in [1.807, 2.05) is 0 Å². The van der Waals surface area contributed by atoms with E-state index in [0.717, 1.165) is 32.1 Å². The Labute approximate surface area is 250 Å². The molecule has 5 rings (SSSR count). The summed E-state index contributed by atoms with van der Waals surface area (Å²) in [5, 5.41) is 45.1. The lowest BCUT2D eigenvalue weighted by Crippen LogP contribution is -2.52. The molecule has 0 amide bonds. The van der Waals surface area contributed by atoms with Gasteiger partial charge in [0.05, 0.1) is 29.4 Å². The molecule has 0 aromatic heterocycles. The summed E-state index contributed by atoms with van der Waals surface area (Å²) in [5.74, 6) is -2.82. The second-order valence-electron chi connectivity index (χ2n) is 12.2. The zero-order valence-electron chi connectivity index (χ0n) is 24.7. The summed E-state index contributed by atoms with van der Waals surface area (Å²) in [5.41, 5.74) is 3.59. The van der Waals surface area contributed by atoms with Crippen molar-refractivity contribution in [2.45, 2.75) is 114 Å². The Balaban J connectivity index is 1.53. The van der Waals surface area contributed by atoms with Gasteiger partial charge in [0.25, 0.3) is 0 Å². The molecular formula is C33H41NO9. The van der Waals surface area contributed by atoms with E-state index >= 15 is 0 Å². The largest absolute Gasteiger partial charge is 0.507 e. The van der Waals surface area contributed by atoms with Crippen molar-refractivity contribution in [1.82, 2.24) is 0 Å². The third-order valence-corrected chi connectivity index (χ3v) is 9.12. The minimum atomic E-state index is -1.97. The maximum absolute atomic E-state index is 13.5. The Morgan fingerprint density at radius 1 is 1.02 bits per heavy atom. The van der Waals surface area contributed by atoms with Crippen LogP contribution in [0.5, 0.6) is 11.5 Å². The topological polar surface area (TPSA) is 177 Å². The summed E-state index contributed by atoms with van der Waals surface area (Å²) in [7, 11) is 0. The van der Waals surface area contributed by atoms with Crippen LogP contribution < -0.4 is 5.73 Å². The quantitative estimate of drug-likeness (QED) is 0.171. The molecule has 0 bridgehead atoms. The average molecular weight is 596 g/mol. The van der Waals surface area contributed by atoms with E-state index in [4.69, 9.17) is 15.2 Å². The minimum Gasteiger partial charge on any atom is -0.507 e. The van der Waals surface area contributed by atoms with Crippen molar-refractivity contribution in [2.24, 2.45) is 5.73 Å². The summed E-state index contributed by atoms with van der Waals surface area (Å²) >= 11 is 0. The van der Waals surface area contributed by atoms with E-state index in [0.29, 0.717) is 6.42 Å². The lowest BCUT2D eigenvalue weighted by molar-refractivity contribution is -0.247. The number of aromatic hydroxyl groups is 2. The van der Waals surface area contributed by atoms with Crippen LogP contribution in [0.25, 0.3) is 0 Å². The van der Waals surface area contributed by atoms with E-state index in [1.54, 1.807) is 19.1 Å². The number of rotatable bonds is 10. The molecule has 3 aliphatic rings. The fourth-order valence-corrected chi connectivity index (χ4v) is 6.67. The molecule has 0 unspecified atom stereocenters. The van der Waals surface area contributed by atoms with E-state index < -0.39 is 65.1 Å². The highest BCUT2D eigenvalue weighted by atomic mass is 16.7. The van der Waals surface area contributed by atoms with Crippen LogP contribution in [0.1, 0.15) is 121 Å². The lowest BCUT2D eigenvalue weighted by Gasteiger charge is -2.42. The van der Waals surface area contributed by atoms with Crippen molar-refractivity contribution in [3.63, 3.8) is 0 Å². The molecule has 6 N–H and O–H groups in total. The van der Waals surface area contributed by atoms with Crippen molar-refractivity contribution < 1.29 is 44.3 Å². The number of aliphatic hydroxyl groups excluding tert-OH is 1. The van der Waals surface area contributed by atoms with Crippen LogP contribution in [0.2, 0.25) is 0 Å². The zero-order chi connectivity index (χ0) is 31.1. The van der Waals surface area contributed by atoms with Gasteiger partial charge in [0, 0.05) is 54.0 Å². The van der Waals surface area contributed by atoms with Gasteiger partial charge in [-0.2, -0.15) is 0 Å². The SMILES string of the molecule is CCCCCCCCC(=O)[C@]1(O)Cc2c(O)c3c(c(O)c2[C@@H](O[C@H]2C[C@H](N)[C@H](O)[C@H](C)O2)C1)C(=O)c1ccccc1C3=O. The van der Waals surface area contributed by atoms with Crippen LogP contribution >= 0.6 is 0 Å². The Morgan fingerprint density at radius 2 is 1.63 bits per heavy atom. The highest BCUT2D eigenvalue weighted by molar-refractivity contribution is 6.30. The molecule has 6 atom stereocenters. The predicted octanol–water partition coefficient (Wildman–Crippen LogP) is 3.75. The van der Waals surface area contributed by atoms with Crippen molar-refractivity contribution in [1.29, 1.82) is 0 Å². The van der Waals surface area contributed by atoms with Gasteiger partial charge in [-0.05, 0) is 13.3 Å². The molecule has 2 aliphatic carbocycles. The number of hydrogen-bond acceptors (Lipinski definition) is 10. The van der Waals surface area contributed by atoms with E-state index in [2.05, 4.69) is 6.92 Å². The number of Topliss-reactive ketones (excluding diaryl/α,β-unsaturated/α-hetero) is 1. The fraction of sp³-hybridized carbons (Fsp3) is 0.545. The van der Waals surface area contributed by atoms with Crippen LogP contribution in [0, 0.1) is 0 Å². The van der Waals surface area contributed by atoms with Crippen molar-refractivity contribution in [2.75, 3.05) is 0 Å². The smallest absolute Gasteiger partial charge is 0.198 e. The molecule has 0 spiro atoms. The second kappa shape index (κ2) is 12.5. The first kappa shape index (κ1) is 31.3. The van der Waals surface area contributed by atoms with Gasteiger partial charge in [-0.25, -0.2) is 0 Å². The second-order valence-corrected chi connectivity index (χ2v) is 12.2. The van der Waals surface area contributed by atoms with Gasteiger partial charge in [0.15, 0.2) is 23.6 Å². The number of carbonyl (C=O) groups excluding carboxylic acids is 3. The minimum absolute atomic E-state index is 0.0183. The first-order valence-corrected chi connectivity index (χ1v) is 15.3. The lowest BCUT2D eigenvalue weighted by atomic mass is 9.71. The van der Waals surface area contributed by atoms with Gasteiger partial charge in [-0.3, -0.25) is 14.4 Å². The summed E-state index contributed by atoms with van der Waals surface area (Å²) in [6.45, 7) is 3.76.